The van der Waals surface area contributed by atoms with E-state index in [1.165, 1.54) is 4.90 Å². The summed E-state index contributed by atoms with van der Waals surface area (Å²) >= 11 is 0. The molecule has 2 heterocycles. The molecule has 1 fully saturated rings. The van der Waals surface area contributed by atoms with Gasteiger partial charge in [-0.1, -0.05) is 12.1 Å². The fourth-order valence-electron chi connectivity index (χ4n) is 2.42. The highest BCUT2D eigenvalue weighted by Crippen LogP contribution is 2.26. The molecule has 2 unspecified atom stereocenters. The second kappa shape index (κ2) is 3.65. The van der Waals surface area contributed by atoms with E-state index in [2.05, 4.69) is 5.32 Å². The topological polar surface area (TPSA) is 69.6 Å². The van der Waals surface area contributed by atoms with Crippen LogP contribution in [0.5, 0.6) is 0 Å². The van der Waals surface area contributed by atoms with Crippen LogP contribution in [0.15, 0.2) is 24.3 Å². The predicted molar refractivity (Wildman–Crippen MR) is 59.6 cm³/mol. The molecule has 1 aromatic carbocycles. The molecule has 0 spiro atoms. The van der Waals surface area contributed by atoms with Crippen LogP contribution in [0.3, 0.4) is 0 Å². The molecule has 2 aliphatic rings. The highest BCUT2D eigenvalue weighted by atomic mass is 16.3. The molecule has 0 aromatic heterocycles. The lowest BCUT2D eigenvalue weighted by molar-refractivity contribution is 0.0451. The number of carbonyl (C=O) groups is 2. The van der Waals surface area contributed by atoms with Crippen LogP contribution >= 0.6 is 0 Å². The van der Waals surface area contributed by atoms with Crippen molar-refractivity contribution in [1.29, 1.82) is 0 Å². The van der Waals surface area contributed by atoms with Gasteiger partial charge in [0.15, 0.2) is 0 Å². The number of hydrogen-bond acceptors (Lipinski definition) is 4. The third-order valence-electron chi connectivity index (χ3n) is 3.31. The minimum atomic E-state index is -0.683. The third kappa shape index (κ3) is 1.40. The number of nitrogens with zero attached hydrogens (tertiary/aromatic N) is 1. The average molecular weight is 232 g/mol. The fourth-order valence-corrected chi connectivity index (χ4v) is 2.42. The van der Waals surface area contributed by atoms with E-state index in [-0.39, 0.29) is 11.8 Å². The molecule has 0 bridgehead atoms. The zero-order chi connectivity index (χ0) is 12.0. The van der Waals surface area contributed by atoms with E-state index in [1.54, 1.807) is 24.3 Å². The molecule has 88 valence electrons. The Labute approximate surface area is 98.0 Å². The van der Waals surface area contributed by atoms with Gasteiger partial charge >= 0.3 is 0 Å². The highest BCUT2D eigenvalue weighted by Gasteiger charge is 2.43. The maximum Gasteiger partial charge on any atom is 0.261 e. The standard InChI is InChI=1S/C12H12N2O3/c15-10-6-13-5-9(10)14-11(16)7-3-1-2-4-8(7)12(14)17/h1-4,9-10,13,15H,5-6H2. The van der Waals surface area contributed by atoms with Crippen molar-refractivity contribution < 1.29 is 14.7 Å². The number of nitrogens with one attached hydrogen (secondary N) is 1. The van der Waals surface area contributed by atoms with Gasteiger partial charge < -0.3 is 10.4 Å². The third-order valence-corrected chi connectivity index (χ3v) is 3.31. The zero-order valence-electron chi connectivity index (χ0n) is 9.09. The number of fused-ring (bicyclic) bond motifs is 1. The maximum atomic E-state index is 12.1. The van der Waals surface area contributed by atoms with Gasteiger partial charge in [0.25, 0.3) is 11.8 Å². The summed E-state index contributed by atoms with van der Waals surface area (Å²) in [6.07, 6.45) is -0.683. The summed E-state index contributed by atoms with van der Waals surface area (Å²) in [6.45, 7) is 0.866. The van der Waals surface area contributed by atoms with Crippen LogP contribution < -0.4 is 5.32 Å². The first kappa shape index (κ1) is 10.4. The normalized spacial score (nSPS) is 27.7. The van der Waals surface area contributed by atoms with Crippen molar-refractivity contribution in [2.75, 3.05) is 13.1 Å². The van der Waals surface area contributed by atoms with Gasteiger partial charge in [-0.2, -0.15) is 0 Å². The number of hydrogen-bond donors (Lipinski definition) is 2. The monoisotopic (exact) mass is 232 g/mol. The molecular formula is C12H12N2O3. The molecule has 2 amide bonds. The van der Waals surface area contributed by atoms with Crippen molar-refractivity contribution in [2.45, 2.75) is 12.1 Å². The lowest BCUT2D eigenvalue weighted by atomic mass is 10.1. The quantitative estimate of drug-likeness (QED) is 0.647. The molecule has 1 aromatic rings. The fraction of sp³-hybridized carbons (Fsp3) is 0.333. The molecule has 0 radical (unpaired) electrons. The first-order valence-corrected chi connectivity index (χ1v) is 5.56. The Kier molecular flexibility index (Phi) is 2.24. The number of benzene rings is 1. The number of β-amino-alcohol motifs (C(OH)–C–C–N with tert-alkyl or cyclic N) is 1. The van der Waals surface area contributed by atoms with Gasteiger partial charge in [-0.3, -0.25) is 14.5 Å². The summed E-state index contributed by atoms with van der Waals surface area (Å²) in [5.74, 6) is -0.614. The van der Waals surface area contributed by atoms with Crippen LogP contribution in [-0.4, -0.2) is 47.1 Å². The Balaban J connectivity index is 2.00. The Hall–Kier alpha value is -1.72. The number of rotatable bonds is 1. The Bertz CT molecular complexity index is 465. The van der Waals surface area contributed by atoms with E-state index in [0.29, 0.717) is 24.2 Å². The lowest BCUT2D eigenvalue weighted by Gasteiger charge is -2.23. The number of carbonyl (C=O) groups excluding carboxylic acids is 2. The molecule has 5 heteroatoms. The Morgan fingerprint density at radius 1 is 1.12 bits per heavy atom. The molecule has 3 rings (SSSR count). The van der Waals surface area contributed by atoms with Crippen molar-refractivity contribution in [2.24, 2.45) is 0 Å². The largest absolute Gasteiger partial charge is 0.390 e. The molecule has 17 heavy (non-hydrogen) atoms. The Morgan fingerprint density at radius 2 is 1.71 bits per heavy atom. The van der Waals surface area contributed by atoms with Gasteiger partial charge in [0.1, 0.15) is 0 Å². The molecule has 2 aliphatic heterocycles. The van der Waals surface area contributed by atoms with Gasteiger partial charge in [-0.05, 0) is 12.1 Å². The number of imide groups is 1. The number of amides is 2. The molecule has 0 saturated carbocycles. The average Bonchev–Trinajstić information content (AvgIpc) is 2.84. The lowest BCUT2D eigenvalue weighted by Crippen LogP contribution is -2.46. The van der Waals surface area contributed by atoms with E-state index in [0.717, 1.165) is 0 Å². The minimum Gasteiger partial charge on any atom is -0.390 e. The second-order valence-electron chi connectivity index (χ2n) is 4.32. The number of aliphatic hydroxyl groups excluding tert-OH is 1. The molecule has 0 aliphatic carbocycles. The van der Waals surface area contributed by atoms with Gasteiger partial charge in [-0.15, -0.1) is 0 Å². The van der Waals surface area contributed by atoms with Crippen molar-refractivity contribution in [3.05, 3.63) is 35.4 Å². The van der Waals surface area contributed by atoms with Crippen LogP contribution in [0, 0.1) is 0 Å². The van der Waals surface area contributed by atoms with E-state index < -0.39 is 12.1 Å². The molecule has 1 saturated heterocycles. The van der Waals surface area contributed by atoms with Crippen molar-refractivity contribution in [3.8, 4) is 0 Å². The van der Waals surface area contributed by atoms with Gasteiger partial charge in [-0.25, -0.2) is 0 Å². The van der Waals surface area contributed by atoms with E-state index in [9.17, 15) is 14.7 Å². The summed E-state index contributed by atoms with van der Waals surface area (Å²) in [5.41, 5.74) is 0.855. The van der Waals surface area contributed by atoms with Crippen LogP contribution in [0.2, 0.25) is 0 Å². The summed E-state index contributed by atoms with van der Waals surface area (Å²) in [6, 6.07) is 6.30. The highest BCUT2D eigenvalue weighted by molar-refractivity contribution is 6.21. The van der Waals surface area contributed by atoms with Crippen LogP contribution in [0.25, 0.3) is 0 Å². The molecule has 2 N–H and O–H groups in total. The van der Waals surface area contributed by atoms with Gasteiger partial charge in [0, 0.05) is 13.1 Å². The second-order valence-corrected chi connectivity index (χ2v) is 4.32. The maximum absolute atomic E-state index is 12.1. The van der Waals surface area contributed by atoms with Gasteiger partial charge in [0.05, 0.1) is 23.3 Å². The smallest absolute Gasteiger partial charge is 0.261 e. The molecular weight excluding hydrogens is 220 g/mol. The first-order valence-electron chi connectivity index (χ1n) is 5.56. The summed E-state index contributed by atoms with van der Waals surface area (Å²) in [5, 5.41) is 12.7. The summed E-state index contributed by atoms with van der Waals surface area (Å²) in [4.78, 5) is 25.4. The zero-order valence-corrected chi connectivity index (χ0v) is 9.09. The Morgan fingerprint density at radius 3 is 2.18 bits per heavy atom. The van der Waals surface area contributed by atoms with Gasteiger partial charge in [0.2, 0.25) is 0 Å². The predicted octanol–water partition coefficient (Wildman–Crippen LogP) is -0.385. The van der Waals surface area contributed by atoms with Crippen LogP contribution in [0.4, 0.5) is 0 Å². The first-order chi connectivity index (χ1) is 8.20. The SMILES string of the molecule is O=C1c2ccccc2C(=O)N1C1CNCC1O. The van der Waals surface area contributed by atoms with Crippen molar-refractivity contribution in [1.82, 2.24) is 10.2 Å². The molecule has 5 nitrogen and oxygen atoms in total. The van der Waals surface area contributed by atoms with E-state index in [1.807, 2.05) is 0 Å². The van der Waals surface area contributed by atoms with Crippen LogP contribution in [-0.2, 0) is 0 Å². The molecule has 2 atom stereocenters. The van der Waals surface area contributed by atoms with E-state index in [4.69, 9.17) is 0 Å². The van der Waals surface area contributed by atoms with Crippen molar-refractivity contribution >= 4 is 11.8 Å². The minimum absolute atomic E-state index is 0.307. The van der Waals surface area contributed by atoms with E-state index >= 15 is 0 Å². The summed E-state index contributed by atoms with van der Waals surface area (Å²) < 4.78 is 0. The van der Waals surface area contributed by atoms with Crippen LogP contribution in [0.1, 0.15) is 20.7 Å². The number of aliphatic hydroxyl groups is 1. The summed E-state index contributed by atoms with van der Waals surface area (Å²) in [7, 11) is 0. The van der Waals surface area contributed by atoms with Crippen molar-refractivity contribution in [3.63, 3.8) is 0 Å².